The van der Waals surface area contributed by atoms with Gasteiger partial charge in [0.2, 0.25) is 0 Å². The van der Waals surface area contributed by atoms with Crippen LogP contribution in [0, 0.1) is 6.92 Å². The third-order valence-electron chi connectivity index (χ3n) is 4.79. The van der Waals surface area contributed by atoms with Crippen LogP contribution >= 0.6 is 0 Å². The number of benzene rings is 3. The van der Waals surface area contributed by atoms with Crippen LogP contribution in [0.25, 0.3) is 11.1 Å². The minimum absolute atomic E-state index is 0.124. The Kier molecular flexibility index (Phi) is 6.12. The lowest BCUT2D eigenvalue weighted by molar-refractivity contribution is -0.137. The number of ether oxygens (including phenoxy) is 1. The minimum Gasteiger partial charge on any atom is -0.504 e. The van der Waals surface area contributed by atoms with E-state index in [4.69, 9.17) is 4.74 Å². The summed E-state index contributed by atoms with van der Waals surface area (Å²) >= 11 is 0. The van der Waals surface area contributed by atoms with Gasteiger partial charge in [0.15, 0.2) is 17.8 Å². The van der Waals surface area contributed by atoms with Crippen molar-refractivity contribution in [2.75, 3.05) is 0 Å². The second-order valence-electron chi connectivity index (χ2n) is 6.76. The number of phenols is 2. The number of rotatable bonds is 6. The molecular formula is C23H19F3O4. The maximum absolute atomic E-state index is 12.9. The van der Waals surface area contributed by atoms with E-state index < -0.39 is 23.2 Å². The summed E-state index contributed by atoms with van der Waals surface area (Å²) in [5, 5.41) is 20.4. The first-order valence-corrected chi connectivity index (χ1v) is 9.06. The Morgan fingerprint density at radius 1 is 0.967 bits per heavy atom. The zero-order chi connectivity index (χ0) is 21.9. The van der Waals surface area contributed by atoms with Gasteiger partial charge in [0, 0.05) is 11.1 Å². The average molecular weight is 416 g/mol. The molecule has 0 saturated heterocycles. The van der Waals surface area contributed by atoms with Crippen molar-refractivity contribution in [2.24, 2.45) is 0 Å². The lowest BCUT2D eigenvalue weighted by atomic mass is 9.90. The van der Waals surface area contributed by atoms with Gasteiger partial charge in [-0.25, -0.2) is 0 Å². The molecule has 0 amide bonds. The van der Waals surface area contributed by atoms with E-state index in [1.54, 1.807) is 31.2 Å². The predicted octanol–water partition coefficient (Wildman–Crippen LogP) is 5.62. The van der Waals surface area contributed by atoms with Crippen molar-refractivity contribution in [1.82, 2.24) is 0 Å². The molecule has 0 unspecified atom stereocenters. The Morgan fingerprint density at radius 3 is 2.30 bits per heavy atom. The highest BCUT2D eigenvalue weighted by molar-refractivity contribution is 5.90. The molecule has 0 radical (unpaired) electrons. The molecule has 4 nitrogen and oxygen atoms in total. The first-order chi connectivity index (χ1) is 14.2. The normalized spacial score (nSPS) is 11.5. The lowest BCUT2D eigenvalue weighted by Crippen LogP contribution is -2.06. The molecule has 0 spiro atoms. The number of phenolic OH excluding ortho intramolecular Hbond substituents is 2. The summed E-state index contributed by atoms with van der Waals surface area (Å²) in [6.07, 6.45) is -4.04. The first kappa shape index (κ1) is 21.4. The van der Waals surface area contributed by atoms with Gasteiger partial charge >= 0.3 is 6.18 Å². The third-order valence-corrected chi connectivity index (χ3v) is 4.79. The van der Waals surface area contributed by atoms with Crippen molar-refractivity contribution in [3.8, 4) is 22.6 Å². The number of aldehydes is 1. The summed E-state index contributed by atoms with van der Waals surface area (Å²) < 4.78 is 44.3. The van der Waals surface area contributed by atoms with Crippen molar-refractivity contribution >= 4 is 6.29 Å². The van der Waals surface area contributed by atoms with Crippen LogP contribution in [0.5, 0.6) is 11.5 Å². The van der Waals surface area contributed by atoms with Gasteiger partial charge in [-0.1, -0.05) is 42.5 Å². The summed E-state index contributed by atoms with van der Waals surface area (Å²) in [4.78, 5) is 11.6. The summed E-state index contributed by atoms with van der Waals surface area (Å²) in [6, 6.07) is 13.7. The van der Waals surface area contributed by atoms with E-state index in [1.165, 1.54) is 12.1 Å². The SMILES string of the molecule is Cc1c(O)c(O)c(C=O)c(COCc2cccc(C(F)(F)F)c2)c1-c1ccccc1. The highest BCUT2D eigenvalue weighted by Crippen LogP contribution is 2.42. The molecule has 3 aromatic carbocycles. The smallest absolute Gasteiger partial charge is 0.416 e. The Morgan fingerprint density at radius 2 is 1.67 bits per heavy atom. The second-order valence-corrected chi connectivity index (χ2v) is 6.76. The molecule has 0 atom stereocenters. The molecule has 0 bridgehead atoms. The van der Waals surface area contributed by atoms with Crippen molar-refractivity contribution in [3.63, 3.8) is 0 Å². The van der Waals surface area contributed by atoms with E-state index >= 15 is 0 Å². The first-order valence-electron chi connectivity index (χ1n) is 9.06. The Hall–Kier alpha value is -3.32. The van der Waals surface area contributed by atoms with Crippen LogP contribution in [0.3, 0.4) is 0 Å². The maximum atomic E-state index is 12.9. The molecule has 3 rings (SSSR count). The fourth-order valence-corrected chi connectivity index (χ4v) is 3.31. The van der Waals surface area contributed by atoms with Gasteiger partial charge in [0.25, 0.3) is 0 Å². The predicted molar refractivity (Wildman–Crippen MR) is 105 cm³/mol. The number of halogens is 3. The zero-order valence-electron chi connectivity index (χ0n) is 16.0. The van der Waals surface area contributed by atoms with E-state index in [9.17, 15) is 28.2 Å². The second kappa shape index (κ2) is 8.59. The summed E-state index contributed by atoms with van der Waals surface area (Å²) in [5.41, 5.74) is 1.35. The highest BCUT2D eigenvalue weighted by Gasteiger charge is 2.30. The maximum Gasteiger partial charge on any atom is 0.416 e. The summed E-state index contributed by atoms with van der Waals surface area (Å²) in [7, 11) is 0. The molecule has 0 saturated carbocycles. The fourth-order valence-electron chi connectivity index (χ4n) is 3.31. The Bertz CT molecular complexity index is 1060. The quantitative estimate of drug-likeness (QED) is 0.404. The van der Waals surface area contributed by atoms with Gasteiger partial charge in [-0.3, -0.25) is 4.79 Å². The Labute approximate surface area is 171 Å². The number of hydrogen-bond acceptors (Lipinski definition) is 4. The molecule has 30 heavy (non-hydrogen) atoms. The average Bonchev–Trinajstić information content (AvgIpc) is 2.73. The van der Waals surface area contributed by atoms with Crippen molar-refractivity contribution in [1.29, 1.82) is 0 Å². The van der Waals surface area contributed by atoms with Gasteiger partial charge in [-0.05, 0) is 35.7 Å². The summed E-state index contributed by atoms with van der Waals surface area (Å²) in [5.74, 6) is -0.961. The molecule has 0 fully saturated rings. The van der Waals surface area contributed by atoms with Gasteiger partial charge in [-0.15, -0.1) is 0 Å². The lowest BCUT2D eigenvalue weighted by Gasteiger charge is -2.19. The van der Waals surface area contributed by atoms with Crippen molar-refractivity contribution in [2.45, 2.75) is 26.3 Å². The number of hydrogen-bond donors (Lipinski definition) is 2. The highest BCUT2D eigenvalue weighted by atomic mass is 19.4. The van der Waals surface area contributed by atoms with Crippen LogP contribution in [0.2, 0.25) is 0 Å². The monoisotopic (exact) mass is 416 g/mol. The van der Waals surface area contributed by atoms with Crippen molar-refractivity contribution < 1.29 is 32.9 Å². The molecule has 156 valence electrons. The van der Waals surface area contributed by atoms with Gasteiger partial charge in [-0.2, -0.15) is 13.2 Å². The van der Waals surface area contributed by atoms with Crippen molar-refractivity contribution in [3.05, 3.63) is 82.4 Å². The molecule has 7 heteroatoms. The van der Waals surface area contributed by atoms with E-state index in [2.05, 4.69) is 0 Å². The van der Waals surface area contributed by atoms with Gasteiger partial charge < -0.3 is 14.9 Å². The fraction of sp³-hybridized carbons (Fsp3) is 0.174. The van der Waals surface area contributed by atoms with Crippen LogP contribution in [0.15, 0.2) is 54.6 Å². The zero-order valence-corrected chi connectivity index (χ0v) is 16.0. The minimum atomic E-state index is -4.46. The molecule has 0 aliphatic carbocycles. The van der Waals surface area contributed by atoms with Crippen LogP contribution in [-0.2, 0) is 24.1 Å². The number of aromatic hydroxyl groups is 2. The van der Waals surface area contributed by atoms with Gasteiger partial charge in [0.05, 0.1) is 24.3 Å². The molecule has 0 heterocycles. The standard InChI is InChI=1S/C23H19F3O4/c1-14-20(16-7-3-2-4-8-16)19(18(11-27)22(29)21(14)28)13-30-12-15-6-5-9-17(10-15)23(24,25)26/h2-11,28-29H,12-13H2,1H3. The topological polar surface area (TPSA) is 66.8 Å². The molecule has 0 aliphatic heterocycles. The van der Waals surface area contributed by atoms with E-state index in [0.717, 1.165) is 12.1 Å². The third kappa shape index (κ3) is 4.31. The molecular weight excluding hydrogens is 397 g/mol. The molecule has 0 aliphatic rings. The largest absolute Gasteiger partial charge is 0.504 e. The number of alkyl halides is 3. The summed E-state index contributed by atoms with van der Waals surface area (Å²) in [6.45, 7) is 1.32. The van der Waals surface area contributed by atoms with Crippen LogP contribution in [0.1, 0.15) is 32.6 Å². The Balaban J connectivity index is 1.95. The van der Waals surface area contributed by atoms with Crippen LogP contribution in [0.4, 0.5) is 13.2 Å². The molecule has 0 aromatic heterocycles. The number of carbonyl (C=O) groups excluding carboxylic acids is 1. The van der Waals surface area contributed by atoms with E-state index in [0.29, 0.717) is 34.1 Å². The van der Waals surface area contributed by atoms with Crippen LogP contribution in [-0.4, -0.2) is 16.5 Å². The molecule has 2 N–H and O–H groups in total. The van der Waals surface area contributed by atoms with E-state index in [1.807, 2.05) is 6.07 Å². The van der Waals surface area contributed by atoms with Gasteiger partial charge in [0.1, 0.15) is 0 Å². The number of carbonyl (C=O) groups is 1. The van der Waals surface area contributed by atoms with Crippen LogP contribution < -0.4 is 0 Å². The molecule has 3 aromatic rings. The van der Waals surface area contributed by atoms with E-state index in [-0.39, 0.29) is 18.8 Å².